The standard InChI is InChI=1S/C18H19NO3/c20-17-10-9-15(18(21)22)12-19(17)16-8-4-7-14(11-16)13-5-2-1-3-6-13/h1-3,5-6,9-10,12,14,16H,4,7-8,11H2,(H,21,22)/t14-,16-/m0/s1. The van der Waals surface area contributed by atoms with Crippen LogP contribution in [0.4, 0.5) is 0 Å². The van der Waals surface area contributed by atoms with Crippen molar-refractivity contribution in [1.29, 1.82) is 0 Å². The van der Waals surface area contributed by atoms with E-state index >= 15 is 0 Å². The lowest BCUT2D eigenvalue weighted by Gasteiger charge is -2.31. The van der Waals surface area contributed by atoms with Gasteiger partial charge in [-0.25, -0.2) is 4.79 Å². The Morgan fingerprint density at radius 1 is 1.09 bits per heavy atom. The van der Waals surface area contributed by atoms with Gasteiger partial charge in [0, 0.05) is 18.3 Å². The van der Waals surface area contributed by atoms with Gasteiger partial charge in [0.2, 0.25) is 0 Å². The second-order valence-corrected chi connectivity index (χ2v) is 5.90. The highest BCUT2D eigenvalue weighted by Gasteiger charge is 2.25. The van der Waals surface area contributed by atoms with Gasteiger partial charge in [-0.1, -0.05) is 36.8 Å². The molecule has 1 aromatic carbocycles. The van der Waals surface area contributed by atoms with Gasteiger partial charge in [0.15, 0.2) is 0 Å². The van der Waals surface area contributed by atoms with Crippen molar-refractivity contribution in [3.8, 4) is 0 Å². The van der Waals surface area contributed by atoms with Crippen LogP contribution in [0.2, 0.25) is 0 Å². The number of aromatic nitrogens is 1. The Labute approximate surface area is 129 Å². The first-order chi connectivity index (χ1) is 10.6. The Bertz CT molecular complexity index is 721. The molecule has 114 valence electrons. The van der Waals surface area contributed by atoms with E-state index < -0.39 is 5.97 Å². The van der Waals surface area contributed by atoms with Crippen LogP contribution in [-0.4, -0.2) is 15.6 Å². The maximum atomic E-state index is 12.1. The van der Waals surface area contributed by atoms with Gasteiger partial charge in [-0.15, -0.1) is 0 Å². The van der Waals surface area contributed by atoms with Gasteiger partial charge >= 0.3 is 5.97 Å². The largest absolute Gasteiger partial charge is 0.478 e. The highest BCUT2D eigenvalue weighted by atomic mass is 16.4. The van der Waals surface area contributed by atoms with E-state index in [4.69, 9.17) is 5.11 Å². The number of carboxylic acid groups (broad SMARTS) is 1. The Morgan fingerprint density at radius 3 is 2.59 bits per heavy atom. The zero-order valence-electron chi connectivity index (χ0n) is 12.3. The highest BCUT2D eigenvalue weighted by molar-refractivity contribution is 5.87. The van der Waals surface area contributed by atoms with Gasteiger partial charge in [0.25, 0.3) is 5.56 Å². The van der Waals surface area contributed by atoms with E-state index in [0.717, 1.165) is 25.7 Å². The molecule has 1 aliphatic rings. The first-order valence-corrected chi connectivity index (χ1v) is 7.65. The van der Waals surface area contributed by atoms with Crippen LogP contribution in [0, 0.1) is 0 Å². The van der Waals surface area contributed by atoms with Crippen molar-refractivity contribution < 1.29 is 9.90 Å². The summed E-state index contributed by atoms with van der Waals surface area (Å²) < 4.78 is 1.61. The zero-order valence-corrected chi connectivity index (χ0v) is 12.3. The molecule has 0 aliphatic heterocycles. The minimum atomic E-state index is -0.996. The van der Waals surface area contributed by atoms with E-state index in [0.29, 0.717) is 5.92 Å². The summed E-state index contributed by atoms with van der Waals surface area (Å²) in [5, 5.41) is 9.11. The van der Waals surface area contributed by atoms with Crippen LogP contribution < -0.4 is 5.56 Å². The fourth-order valence-corrected chi connectivity index (χ4v) is 3.36. The maximum absolute atomic E-state index is 12.1. The van der Waals surface area contributed by atoms with Crippen molar-refractivity contribution in [3.63, 3.8) is 0 Å². The summed E-state index contributed by atoms with van der Waals surface area (Å²) in [6, 6.07) is 13.1. The molecule has 1 saturated carbocycles. The zero-order chi connectivity index (χ0) is 15.5. The van der Waals surface area contributed by atoms with Crippen LogP contribution in [0.3, 0.4) is 0 Å². The van der Waals surface area contributed by atoms with E-state index in [1.165, 1.54) is 23.9 Å². The predicted molar refractivity (Wildman–Crippen MR) is 84.3 cm³/mol. The van der Waals surface area contributed by atoms with E-state index in [9.17, 15) is 9.59 Å². The fourth-order valence-electron chi connectivity index (χ4n) is 3.36. The molecule has 0 saturated heterocycles. The molecule has 4 nitrogen and oxygen atoms in total. The van der Waals surface area contributed by atoms with Gasteiger partial charge in [0.1, 0.15) is 0 Å². The summed E-state index contributed by atoms with van der Waals surface area (Å²) in [6.07, 6.45) is 5.46. The number of hydrogen-bond donors (Lipinski definition) is 1. The highest BCUT2D eigenvalue weighted by Crippen LogP contribution is 2.38. The summed E-state index contributed by atoms with van der Waals surface area (Å²) >= 11 is 0. The molecule has 1 heterocycles. The van der Waals surface area contributed by atoms with E-state index in [2.05, 4.69) is 12.1 Å². The van der Waals surface area contributed by atoms with Crippen molar-refractivity contribution in [2.24, 2.45) is 0 Å². The molecule has 2 aromatic rings. The molecule has 2 atom stereocenters. The lowest BCUT2D eigenvalue weighted by molar-refractivity contribution is 0.0695. The molecule has 1 aromatic heterocycles. The average molecular weight is 297 g/mol. The normalized spacial score (nSPS) is 21.5. The number of carboxylic acids is 1. The fraction of sp³-hybridized carbons (Fsp3) is 0.333. The van der Waals surface area contributed by atoms with Crippen LogP contribution in [0.15, 0.2) is 53.5 Å². The Kier molecular flexibility index (Phi) is 4.09. The molecule has 0 radical (unpaired) electrons. The van der Waals surface area contributed by atoms with Gasteiger partial charge in [0.05, 0.1) is 5.56 Å². The monoisotopic (exact) mass is 297 g/mol. The molecule has 4 heteroatoms. The molecule has 22 heavy (non-hydrogen) atoms. The molecule has 0 amide bonds. The second-order valence-electron chi connectivity index (χ2n) is 5.90. The molecular weight excluding hydrogens is 278 g/mol. The third-order valence-electron chi connectivity index (χ3n) is 4.50. The quantitative estimate of drug-likeness (QED) is 0.944. The van der Waals surface area contributed by atoms with Gasteiger partial charge in [-0.05, 0) is 36.8 Å². The molecule has 1 aliphatic carbocycles. The Hall–Kier alpha value is -2.36. The predicted octanol–water partition coefficient (Wildman–Crippen LogP) is 3.45. The second kappa shape index (κ2) is 6.18. The van der Waals surface area contributed by atoms with E-state index in [1.807, 2.05) is 18.2 Å². The number of pyridine rings is 1. The van der Waals surface area contributed by atoms with Crippen LogP contribution in [0.1, 0.15) is 53.6 Å². The third kappa shape index (κ3) is 2.96. The summed E-state index contributed by atoms with van der Waals surface area (Å²) in [4.78, 5) is 23.2. The summed E-state index contributed by atoms with van der Waals surface area (Å²) in [5.41, 5.74) is 1.35. The van der Waals surface area contributed by atoms with Crippen LogP contribution in [0.25, 0.3) is 0 Å². The van der Waals surface area contributed by atoms with Crippen molar-refractivity contribution >= 4 is 5.97 Å². The summed E-state index contributed by atoms with van der Waals surface area (Å²) in [7, 11) is 0. The Morgan fingerprint density at radius 2 is 1.86 bits per heavy atom. The van der Waals surface area contributed by atoms with Crippen molar-refractivity contribution in [2.75, 3.05) is 0 Å². The smallest absolute Gasteiger partial charge is 0.337 e. The van der Waals surface area contributed by atoms with Gasteiger partial charge < -0.3 is 9.67 Å². The first-order valence-electron chi connectivity index (χ1n) is 7.65. The first kappa shape index (κ1) is 14.6. The molecule has 0 bridgehead atoms. The Balaban J connectivity index is 1.87. The van der Waals surface area contributed by atoms with E-state index in [-0.39, 0.29) is 17.2 Å². The van der Waals surface area contributed by atoms with Crippen LogP contribution in [0.5, 0.6) is 0 Å². The summed E-state index contributed by atoms with van der Waals surface area (Å²) in [5.74, 6) is -0.565. The number of hydrogen-bond acceptors (Lipinski definition) is 2. The minimum Gasteiger partial charge on any atom is -0.478 e. The molecule has 0 spiro atoms. The van der Waals surface area contributed by atoms with Gasteiger partial charge in [-0.2, -0.15) is 0 Å². The number of nitrogens with zero attached hydrogens (tertiary/aromatic N) is 1. The topological polar surface area (TPSA) is 59.3 Å². The molecule has 1 N–H and O–H groups in total. The maximum Gasteiger partial charge on any atom is 0.337 e. The van der Waals surface area contributed by atoms with Crippen molar-refractivity contribution in [2.45, 2.75) is 37.6 Å². The van der Waals surface area contributed by atoms with Crippen LogP contribution in [-0.2, 0) is 0 Å². The molecule has 1 fully saturated rings. The van der Waals surface area contributed by atoms with Crippen molar-refractivity contribution in [3.05, 3.63) is 70.1 Å². The number of benzene rings is 1. The third-order valence-corrected chi connectivity index (χ3v) is 4.50. The lowest BCUT2D eigenvalue weighted by atomic mass is 9.81. The number of carbonyl (C=O) groups is 1. The minimum absolute atomic E-state index is 0.0748. The average Bonchev–Trinajstić information content (AvgIpc) is 2.56. The summed E-state index contributed by atoms with van der Waals surface area (Å²) in [6.45, 7) is 0. The van der Waals surface area contributed by atoms with Gasteiger partial charge in [-0.3, -0.25) is 4.79 Å². The number of rotatable bonds is 3. The van der Waals surface area contributed by atoms with E-state index in [1.54, 1.807) is 4.57 Å². The number of aromatic carboxylic acids is 1. The lowest BCUT2D eigenvalue weighted by Crippen LogP contribution is -2.28. The molecular formula is C18H19NO3. The van der Waals surface area contributed by atoms with Crippen LogP contribution >= 0.6 is 0 Å². The van der Waals surface area contributed by atoms with Crippen molar-refractivity contribution in [1.82, 2.24) is 4.57 Å². The molecule has 0 unspecified atom stereocenters. The molecule has 3 rings (SSSR count). The SMILES string of the molecule is O=C(O)c1ccc(=O)n([C@H]2CCC[C@H](c3ccccc3)C2)c1.